The van der Waals surface area contributed by atoms with Gasteiger partial charge in [0, 0.05) is 6.54 Å². The Labute approximate surface area is 70.7 Å². The SMILES string of the molecule is C=CC(=O)N1CCOC12COC2. The summed E-state index contributed by atoms with van der Waals surface area (Å²) < 4.78 is 10.5. The molecule has 2 fully saturated rings. The molecule has 66 valence electrons. The Hall–Kier alpha value is -0.870. The van der Waals surface area contributed by atoms with Gasteiger partial charge in [-0.05, 0) is 6.08 Å². The van der Waals surface area contributed by atoms with E-state index in [9.17, 15) is 4.79 Å². The van der Waals surface area contributed by atoms with Gasteiger partial charge in [0.1, 0.15) is 0 Å². The number of rotatable bonds is 1. The molecule has 2 rings (SSSR count). The first-order valence-electron chi connectivity index (χ1n) is 3.94. The molecule has 1 spiro atoms. The number of ether oxygens (including phenoxy) is 2. The summed E-state index contributed by atoms with van der Waals surface area (Å²) in [7, 11) is 0. The largest absolute Gasteiger partial charge is 0.371 e. The van der Waals surface area contributed by atoms with Crippen LogP contribution in [0.3, 0.4) is 0 Å². The molecule has 1 amide bonds. The average molecular weight is 169 g/mol. The van der Waals surface area contributed by atoms with Crippen LogP contribution in [0.2, 0.25) is 0 Å². The molecule has 0 bridgehead atoms. The lowest BCUT2D eigenvalue weighted by Crippen LogP contribution is -2.61. The predicted molar refractivity (Wildman–Crippen MR) is 41.4 cm³/mol. The first kappa shape index (κ1) is 7.76. The maximum atomic E-state index is 11.3. The van der Waals surface area contributed by atoms with Gasteiger partial charge in [-0.2, -0.15) is 0 Å². The summed E-state index contributed by atoms with van der Waals surface area (Å²) in [6.45, 7) is 5.67. The normalized spacial score (nSPS) is 25.5. The van der Waals surface area contributed by atoms with Gasteiger partial charge in [-0.25, -0.2) is 0 Å². The van der Waals surface area contributed by atoms with Crippen LogP contribution in [-0.4, -0.2) is 42.9 Å². The van der Waals surface area contributed by atoms with E-state index in [0.717, 1.165) is 0 Å². The summed E-state index contributed by atoms with van der Waals surface area (Å²) in [4.78, 5) is 13.0. The van der Waals surface area contributed by atoms with E-state index in [1.807, 2.05) is 0 Å². The highest BCUT2D eigenvalue weighted by molar-refractivity contribution is 5.87. The summed E-state index contributed by atoms with van der Waals surface area (Å²) in [6, 6.07) is 0. The van der Waals surface area contributed by atoms with Crippen LogP contribution in [-0.2, 0) is 14.3 Å². The molecule has 2 heterocycles. The second kappa shape index (κ2) is 2.57. The standard InChI is InChI=1S/C8H11NO3/c1-2-7(10)9-3-4-12-8(9)5-11-6-8/h2H,1,3-6H2. The van der Waals surface area contributed by atoms with Gasteiger partial charge >= 0.3 is 0 Å². The predicted octanol–water partition coefficient (Wildman–Crippen LogP) is -0.242. The highest BCUT2D eigenvalue weighted by atomic mass is 16.6. The maximum absolute atomic E-state index is 11.3. The van der Waals surface area contributed by atoms with Gasteiger partial charge in [-0.3, -0.25) is 4.79 Å². The summed E-state index contributed by atoms with van der Waals surface area (Å²) in [6.07, 6.45) is 1.31. The Kier molecular flexibility index (Phi) is 1.66. The Balaban J connectivity index is 2.13. The highest BCUT2D eigenvalue weighted by Gasteiger charge is 2.50. The van der Waals surface area contributed by atoms with Gasteiger partial charge in [-0.15, -0.1) is 0 Å². The van der Waals surface area contributed by atoms with Crippen LogP contribution in [0.25, 0.3) is 0 Å². The number of carbonyl (C=O) groups excluding carboxylic acids is 1. The topological polar surface area (TPSA) is 38.8 Å². The molecule has 4 nitrogen and oxygen atoms in total. The average Bonchev–Trinajstić information content (AvgIpc) is 2.45. The molecule has 0 aromatic heterocycles. The minimum atomic E-state index is -0.453. The zero-order valence-electron chi connectivity index (χ0n) is 6.78. The molecule has 0 unspecified atom stereocenters. The van der Waals surface area contributed by atoms with Crippen LogP contribution in [0.5, 0.6) is 0 Å². The molecule has 2 aliphatic heterocycles. The van der Waals surface area contributed by atoms with Gasteiger partial charge in [-0.1, -0.05) is 6.58 Å². The molecule has 0 aromatic carbocycles. The van der Waals surface area contributed by atoms with E-state index in [-0.39, 0.29) is 5.91 Å². The number of hydrogen-bond acceptors (Lipinski definition) is 3. The van der Waals surface area contributed by atoms with E-state index in [1.165, 1.54) is 6.08 Å². The van der Waals surface area contributed by atoms with Crippen molar-refractivity contribution in [3.8, 4) is 0 Å². The van der Waals surface area contributed by atoms with Gasteiger partial charge in [0.25, 0.3) is 0 Å². The third kappa shape index (κ3) is 0.884. The lowest BCUT2D eigenvalue weighted by molar-refractivity contribution is -0.237. The monoisotopic (exact) mass is 169 g/mol. The zero-order valence-corrected chi connectivity index (χ0v) is 6.78. The van der Waals surface area contributed by atoms with Crippen molar-refractivity contribution < 1.29 is 14.3 Å². The van der Waals surface area contributed by atoms with Crippen LogP contribution < -0.4 is 0 Å². The van der Waals surface area contributed by atoms with Crippen LogP contribution >= 0.6 is 0 Å². The van der Waals surface area contributed by atoms with Crippen LogP contribution in [0, 0.1) is 0 Å². The van der Waals surface area contributed by atoms with E-state index < -0.39 is 5.72 Å². The summed E-state index contributed by atoms with van der Waals surface area (Å²) in [5.74, 6) is -0.0733. The second-order valence-electron chi connectivity index (χ2n) is 2.98. The molecule has 2 aliphatic rings. The molecule has 0 atom stereocenters. The Morgan fingerprint density at radius 1 is 1.58 bits per heavy atom. The van der Waals surface area contributed by atoms with Crippen molar-refractivity contribution in [3.63, 3.8) is 0 Å². The van der Waals surface area contributed by atoms with Gasteiger partial charge in [0.2, 0.25) is 5.91 Å². The molecule has 0 saturated carbocycles. The van der Waals surface area contributed by atoms with Crippen molar-refractivity contribution >= 4 is 5.91 Å². The maximum Gasteiger partial charge on any atom is 0.248 e. The molecule has 2 saturated heterocycles. The molecule has 12 heavy (non-hydrogen) atoms. The smallest absolute Gasteiger partial charge is 0.248 e. The summed E-state index contributed by atoms with van der Waals surface area (Å²) >= 11 is 0. The Morgan fingerprint density at radius 2 is 2.33 bits per heavy atom. The van der Waals surface area contributed by atoms with E-state index >= 15 is 0 Å². The van der Waals surface area contributed by atoms with Crippen molar-refractivity contribution in [1.29, 1.82) is 0 Å². The fraction of sp³-hybridized carbons (Fsp3) is 0.625. The number of carbonyl (C=O) groups is 1. The lowest BCUT2D eigenvalue weighted by Gasteiger charge is -2.42. The molecule has 0 radical (unpaired) electrons. The quantitative estimate of drug-likeness (QED) is 0.508. The van der Waals surface area contributed by atoms with Crippen molar-refractivity contribution in [2.24, 2.45) is 0 Å². The molecule has 0 aliphatic carbocycles. The zero-order chi connectivity index (χ0) is 8.60. The van der Waals surface area contributed by atoms with Crippen LogP contribution in [0.1, 0.15) is 0 Å². The summed E-state index contributed by atoms with van der Waals surface area (Å²) in [5, 5.41) is 0. The molecular weight excluding hydrogens is 158 g/mol. The third-order valence-electron chi connectivity index (χ3n) is 2.27. The molecule has 0 aromatic rings. The minimum Gasteiger partial charge on any atom is -0.371 e. The van der Waals surface area contributed by atoms with Gasteiger partial charge in [0.05, 0.1) is 19.8 Å². The minimum absolute atomic E-state index is 0.0733. The van der Waals surface area contributed by atoms with E-state index in [1.54, 1.807) is 4.90 Å². The number of hydrogen-bond donors (Lipinski definition) is 0. The van der Waals surface area contributed by atoms with Crippen molar-refractivity contribution in [2.45, 2.75) is 5.72 Å². The molecule has 4 heteroatoms. The summed E-state index contributed by atoms with van der Waals surface area (Å²) in [5.41, 5.74) is -0.453. The first-order chi connectivity index (χ1) is 5.78. The Morgan fingerprint density at radius 3 is 2.83 bits per heavy atom. The van der Waals surface area contributed by atoms with Crippen molar-refractivity contribution in [3.05, 3.63) is 12.7 Å². The van der Waals surface area contributed by atoms with Crippen molar-refractivity contribution in [1.82, 2.24) is 4.90 Å². The van der Waals surface area contributed by atoms with E-state index in [0.29, 0.717) is 26.4 Å². The number of amides is 1. The first-order valence-corrected chi connectivity index (χ1v) is 3.94. The highest BCUT2D eigenvalue weighted by Crippen LogP contribution is 2.30. The third-order valence-corrected chi connectivity index (χ3v) is 2.27. The van der Waals surface area contributed by atoms with Crippen molar-refractivity contribution in [2.75, 3.05) is 26.4 Å². The van der Waals surface area contributed by atoms with Crippen LogP contribution in [0.4, 0.5) is 0 Å². The molecule has 0 N–H and O–H groups in total. The lowest BCUT2D eigenvalue weighted by atomic mass is 10.1. The van der Waals surface area contributed by atoms with Gasteiger partial charge < -0.3 is 14.4 Å². The fourth-order valence-electron chi connectivity index (χ4n) is 1.55. The second-order valence-corrected chi connectivity index (χ2v) is 2.98. The number of nitrogens with zero attached hydrogens (tertiary/aromatic N) is 1. The molecular formula is C8H11NO3. The van der Waals surface area contributed by atoms with E-state index in [4.69, 9.17) is 9.47 Å². The fourth-order valence-corrected chi connectivity index (χ4v) is 1.55. The Bertz CT molecular complexity index is 222. The van der Waals surface area contributed by atoms with Gasteiger partial charge in [0.15, 0.2) is 5.72 Å². The van der Waals surface area contributed by atoms with E-state index in [2.05, 4.69) is 6.58 Å². The van der Waals surface area contributed by atoms with Crippen LogP contribution in [0.15, 0.2) is 12.7 Å².